The molecule has 156 valence electrons. The molecule has 0 bridgehead atoms. The number of benzene rings is 1. The van der Waals surface area contributed by atoms with Gasteiger partial charge in [0.15, 0.2) is 0 Å². The van der Waals surface area contributed by atoms with E-state index in [2.05, 4.69) is 16.0 Å². The molecular weight excluding hydrogens is 358 g/mol. The molecule has 1 unspecified atom stereocenters. The van der Waals surface area contributed by atoms with Crippen LogP contribution in [0.15, 0.2) is 30.3 Å². The quantitative estimate of drug-likeness (QED) is 0.518. The smallest absolute Gasteiger partial charge is 0.320 e. The Morgan fingerprint density at radius 1 is 1.00 bits per heavy atom. The molecule has 7 nitrogen and oxygen atoms in total. The first-order chi connectivity index (χ1) is 12.9. The van der Waals surface area contributed by atoms with Gasteiger partial charge in [-0.15, -0.1) is 0 Å². The first-order valence-electron chi connectivity index (χ1n) is 9.57. The zero-order chi connectivity index (χ0) is 21.5. The molecule has 0 spiro atoms. The predicted octanol–water partition coefficient (Wildman–Crippen LogP) is 2.63. The van der Waals surface area contributed by atoms with Crippen molar-refractivity contribution in [3.05, 3.63) is 30.3 Å². The highest BCUT2D eigenvalue weighted by Gasteiger charge is 2.35. The van der Waals surface area contributed by atoms with Crippen molar-refractivity contribution >= 4 is 23.5 Å². The monoisotopic (exact) mass is 391 g/mol. The van der Waals surface area contributed by atoms with Crippen LogP contribution in [0, 0.1) is 11.3 Å². The molecule has 0 saturated carbocycles. The Morgan fingerprint density at radius 2 is 1.57 bits per heavy atom. The molecule has 0 saturated heterocycles. The van der Waals surface area contributed by atoms with Crippen molar-refractivity contribution in [1.29, 1.82) is 0 Å². The lowest BCUT2D eigenvalue weighted by atomic mass is 9.85. The number of rotatable bonds is 9. The molecule has 7 heteroatoms. The fourth-order valence-electron chi connectivity index (χ4n) is 2.75. The van der Waals surface area contributed by atoms with E-state index in [0.29, 0.717) is 12.1 Å². The number of carboxylic acids is 1. The minimum absolute atomic E-state index is 0.186. The van der Waals surface area contributed by atoms with Crippen LogP contribution >= 0.6 is 0 Å². The Balaban J connectivity index is 2.96. The largest absolute Gasteiger partial charge is 0.480 e. The molecule has 3 atom stereocenters. The third kappa shape index (κ3) is 7.68. The van der Waals surface area contributed by atoms with Gasteiger partial charge >= 0.3 is 5.97 Å². The number of hydrogen-bond donors (Lipinski definition) is 4. The van der Waals surface area contributed by atoms with Gasteiger partial charge in [-0.25, -0.2) is 0 Å². The fraction of sp³-hybridized carbons (Fsp3) is 0.571. The molecule has 1 aromatic rings. The number of carbonyl (C=O) groups excluding carboxylic acids is 2. The summed E-state index contributed by atoms with van der Waals surface area (Å²) in [5, 5.41) is 17.7. The predicted molar refractivity (Wildman–Crippen MR) is 110 cm³/mol. The lowest BCUT2D eigenvalue weighted by molar-refractivity contribution is -0.140. The summed E-state index contributed by atoms with van der Waals surface area (Å²) < 4.78 is 0. The van der Waals surface area contributed by atoms with Crippen LogP contribution in [0.4, 0.5) is 5.69 Å². The van der Waals surface area contributed by atoms with Gasteiger partial charge in [0.25, 0.3) is 0 Å². The van der Waals surface area contributed by atoms with Gasteiger partial charge in [0.2, 0.25) is 11.8 Å². The minimum atomic E-state index is -1.04. The van der Waals surface area contributed by atoms with Crippen molar-refractivity contribution in [2.75, 3.05) is 5.32 Å². The Hall–Kier alpha value is -2.41. The van der Waals surface area contributed by atoms with Gasteiger partial charge in [0.1, 0.15) is 12.1 Å². The number of amides is 2. The van der Waals surface area contributed by atoms with Crippen LogP contribution in [-0.2, 0) is 14.4 Å². The molecular formula is C21H33N3O4. The number of para-hydroxylation sites is 1. The van der Waals surface area contributed by atoms with E-state index in [1.54, 1.807) is 12.1 Å². The van der Waals surface area contributed by atoms with E-state index in [4.69, 9.17) is 0 Å². The van der Waals surface area contributed by atoms with Crippen LogP contribution < -0.4 is 16.0 Å². The molecule has 0 fully saturated rings. The molecule has 0 aliphatic rings. The van der Waals surface area contributed by atoms with Gasteiger partial charge in [0, 0.05) is 5.69 Å². The van der Waals surface area contributed by atoms with Crippen molar-refractivity contribution in [3.63, 3.8) is 0 Å². The maximum absolute atomic E-state index is 13.0. The average Bonchev–Trinajstić information content (AvgIpc) is 2.57. The SMILES string of the molecule is CC(C)C[C@H](NC(=O)[C@@H](NC(C)C(=O)O)C(C)(C)C)C(=O)Nc1ccccc1. The normalized spacial score (nSPS) is 14.8. The summed E-state index contributed by atoms with van der Waals surface area (Å²) in [4.78, 5) is 36.9. The summed E-state index contributed by atoms with van der Waals surface area (Å²) in [7, 11) is 0. The van der Waals surface area contributed by atoms with Crippen molar-refractivity contribution in [1.82, 2.24) is 10.6 Å². The second-order valence-corrected chi connectivity index (χ2v) is 8.57. The Bertz CT molecular complexity index is 668. The molecule has 2 amide bonds. The number of hydrogen-bond acceptors (Lipinski definition) is 4. The third-order valence-electron chi connectivity index (χ3n) is 4.30. The first kappa shape index (κ1) is 23.6. The Morgan fingerprint density at radius 3 is 2.04 bits per heavy atom. The van der Waals surface area contributed by atoms with E-state index >= 15 is 0 Å². The van der Waals surface area contributed by atoms with Crippen LogP contribution in [-0.4, -0.2) is 41.0 Å². The topological polar surface area (TPSA) is 108 Å². The van der Waals surface area contributed by atoms with Crippen LogP contribution in [0.2, 0.25) is 0 Å². The number of carbonyl (C=O) groups is 3. The fourth-order valence-corrected chi connectivity index (χ4v) is 2.75. The highest BCUT2D eigenvalue weighted by molar-refractivity contribution is 5.98. The molecule has 28 heavy (non-hydrogen) atoms. The van der Waals surface area contributed by atoms with Gasteiger partial charge in [0.05, 0.1) is 6.04 Å². The van der Waals surface area contributed by atoms with E-state index in [-0.39, 0.29) is 11.8 Å². The summed E-state index contributed by atoms with van der Waals surface area (Å²) in [6, 6.07) is 6.66. The second-order valence-electron chi connectivity index (χ2n) is 8.57. The summed E-state index contributed by atoms with van der Waals surface area (Å²) in [5.41, 5.74) is 0.118. The van der Waals surface area contributed by atoms with E-state index in [1.807, 2.05) is 52.8 Å². The lowest BCUT2D eigenvalue weighted by Gasteiger charge is -2.33. The minimum Gasteiger partial charge on any atom is -0.480 e. The molecule has 4 N–H and O–H groups in total. The number of carboxylic acid groups (broad SMARTS) is 1. The molecule has 0 heterocycles. The van der Waals surface area contributed by atoms with E-state index in [1.165, 1.54) is 6.92 Å². The van der Waals surface area contributed by atoms with Gasteiger partial charge in [-0.05, 0) is 36.8 Å². The van der Waals surface area contributed by atoms with Crippen LogP contribution in [0.25, 0.3) is 0 Å². The van der Waals surface area contributed by atoms with E-state index < -0.39 is 35.4 Å². The van der Waals surface area contributed by atoms with Crippen LogP contribution in [0.1, 0.15) is 48.0 Å². The Kier molecular flexibility index (Phi) is 8.63. The summed E-state index contributed by atoms with van der Waals surface area (Å²) in [6.45, 7) is 11.0. The maximum atomic E-state index is 13.0. The molecule has 0 aliphatic heterocycles. The van der Waals surface area contributed by atoms with E-state index in [9.17, 15) is 19.5 Å². The van der Waals surface area contributed by atoms with Gasteiger partial charge in [-0.1, -0.05) is 52.8 Å². The van der Waals surface area contributed by atoms with Gasteiger partial charge < -0.3 is 15.7 Å². The van der Waals surface area contributed by atoms with Gasteiger partial charge in [-0.2, -0.15) is 0 Å². The number of anilines is 1. The van der Waals surface area contributed by atoms with Crippen LogP contribution in [0.3, 0.4) is 0 Å². The van der Waals surface area contributed by atoms with Crippen LogP contribution in [0.5, 0.6) is 0 Å². The average molecular weight is 392 g/mol. The molecule has 1 rings (SSSR count). The summed E-state index contributed by atoms with van der Waals surface area (Å²) >= 11 is 0. The van der Waals surface area contributed by atoms with Crippen molar-refractivity contribution in [2.45, 2.75) is 66.1 Å². The molecule has 0 radical (unpaired) electrons. The maximum Gasteiger partial charge on any atom is 0.320 e. The lowest BCUT2D eigenvalue weighted by Crippen LogP contribution is -2.58. The highest BCUT2D eigenvalue weighted by Crippen LogP contribution is 2.21. The van der Waals surface area contributed by atoms with E-state index in [0.717, 1.165) is 0 Å². The molecule has 1 aromatic carbocycles. The summed E-state index contributed by atoms with van der Waals surface area (Å²) in [6.07, 6.45) is 0.468. The zero-order valence-electron chi connectivity index (χ0n) is 17.6. The highest BCUT2D eigenvalue weighted by atomic mass is 16.4. The van der Waals surface area contributed by atoms with Gasteiger partial charge in [-0.3, -0.25) is 19.7 Å². The first-order valence-corrected chi connectivity index (χ1v) is 9.57. The molecule has 0 aliphatic carbocycles. The molecule has 0 aromatic heterocycles. The van der Waals surface area contributed by atoms with Crippen molar-refractivity contribution in [3.8, 4) is 0 Å². The number of nitrogens with one attached hydrogen (secondary N) is 3. The Labute approximate surface area is 167 Å². The second kappa shape index (κ2) is 10.2. The van der Waals surface area contributed by atoms with Crippen molar-refractivity contribution < 1.29 is 19.5 Å². The third-order valence-corrected chi connectivity index (χ3v) is 4.30. The zero-order valence-corrected chi connectivity index (χ0v) is 17.6. The summed E-state index contributed by atoms with van der Waals surface area (Å²) in [5.74, 6) is -1.55. The van der Waals surface area contributed by atoms with Crippen molar-refractivity contribution in [2.24, 2.45) is 11.3 Å². The standard InChI is InChI=1S/C21H33N3O4/c1-13(2)12-16(18(25)23-15-10-8-7-9-11-15)24-19(26)17(21(4,5)6)22-14(3)20(27)28/h7-11,13-14,16-17,22H,12H2,1-6H3,(H,23,25)(H,24,26)(H,27,28)/t14?,16-,17+/m0/s1. The number of aliphatic carboxylic acids is 1.